The van der Waals surface area contributed by atoms with Gasteiger partial charge in [0.25, 0.3) is 0 Å². The van der Waals surface area contributed by atoms with Crippen LogP contribution in [0.1, 0.15) is 49.7 Å². The highest BCUT2D eigenvalue weighted by Crippen LogP contribution is 2.37. The molecule has 0 aliphatic carbocycles. The smallest absolute Gasteiger partial charge is 0.316 e. The van der Waals surface area contributed by atoms with E-state index in [4.69, 9.17) is 36.8 Å². The minimum Gasteiger partial charge on any atom is -0.491 e. The SMILES string of the molecule is CCOc1ncc2c(n1)CN(c1nc(-c3cc(OC[C@H](O)CNC)ccc3Cl)nc(C(C(=O)CC)=C(C)N)c1C)C2. The lowest BCUT2D eigenvalue weighted by molar-refractivity contribution is -0.113. The van der Waals surface area contributed by atoms with Crippen molar-refractivity contribution < 1.29 is 19.4 Å². The molecule has 0 unspecified atom stereocenters. The molecular weight excluding hydrogens is 546 g/mol. The number of hydrogen-bond donors (Lipinski definition) is 3. The van der Waals surface area contributed by atoms with Gasteiger partial charge in [0.1, 0.15) is 24.3 Å². The lowest BCUT2D eigenvalue weighted by Gasteiger charge is -2.22. The molecule has 41 heavy (non-hydrogen) atoms. The molecule has 0 amide bonds. The van der Waals surface area contributed by atoms with Crippen molar-refractivity contribution in [1.29, 1.82) is 0 Å². The number of benzene rings is 1. The van der Waals surface area contributed by atoms with Crippen molar-refractivity contribution in [1.82, 2.24) is 25.3 Å². The first-order chi connectivity index (χ1) is 19.7. The Balaban J connectivity index is 1.82. The Morgan fingerprint density at radius 2 is 2.00 bits per heavy atom. The second-order valence-electron chi connectivity index (χ2n) is 9.76. The Labute approximate surface area is 244 Å². The van der Waals surface area contributed by atoms with Crippen LogP contribution in [0.4, 0.5) is 5.82 Å². The predicted octanol–water partition coefficient (Wildman–Crippen LogP) is 3.44. The van der Waals surface area contributed by atoms with E-state index in [0.717, 1.165) is 11.3 Å². The number of ketones is 1. The second kappa shape index (κ2) is 13.2. The Bertz CT molecular complexity index is 1460. The van der Waals surface area contributed by atoms with E-state index in [1.54, 1.807) is 45.3 Å². The van der Waals surface area contributed by atoms with Crippen molar-refractivity contribution in [2.75, 3.05) is 31.7 Å². The number of rotatable bonds is 12. The maximum absolute atomic E-state index is 13.1. The summed E-state index contributed by atoms with van der Waals surface area (Å²) in [5.41, 5.74) is 10.4. The molecule has 0 saturated carbocycles. The fraction of sp³-hybridized carbons (Fsp3) is 0.414. The van der Waals surface area contributed by atoms with E-state index in [2.05, 4.69) is 20.2 Å². The third kappa shape index (κ3) is 6.75. The minimum absolute atomic E-state index is 0.0915. The molecule has 218 valence electrons. The van der Waals surface area contributed by atoms with Crippen molar-refractivity contribution >= 4 is 28.8 Å². The molecule has 0 saturated heterocycles. The number of Topliss-reactive ketones (excluding diaryl/α,β-unsaturated/α-hetero) is 1. The molecule has 4 rings (SSSR count). The van der Waals surface area contributed by atoms with Crippen LogP contribution in [0, 0.1) is 6.92 Å². The number of carbonyl (C=O) groups excluding carboxylic acids is 1. The number of hydrogen-bond acceptors (Lipinski definition) is 11. The van der Waals surface area contributed by atoms with Crippen molar-refractivity contribution in [3.63, 3.8) is 0 Å². The van der Waals surface area contributed by atoms with Crippen molar-refractivity contribution in [3.8, 4) is 23.1 Å². The summed E-state index contributed by atoms with van der Waals surface area (Å²) in [5.74, 6) is 1.30. The molecule has 1 aliphatic heterocycles. The normalized spacial score (nSPS) is 14.0. The van der Waals surface area contributed by atoms with Crippen LogP contribution in [0.15, 0.2) is 30.1 Å². The van der Waals surface area contributed by atoms with Gasteiger partial charge in [-0.2, -0.15) is 4.98 Å². The van der Waals surface area contributed by atoms with Gasteiger partial charge in [0, 0.05) is 48.1 Å². The predicted molar refractivity (Wildman–Crippen MR) is 158 cm³/mol. The Kier molecular flexibility index (Phi) is 9.74. The zero-order valence-electron chi connectivity index (χ0n) is 24.0. The molecule has 1 aliphatic rings. The fourth-order valence-corrected chi connectivity index (χ4v) is 4.83. The number of ether oxygens (including phenoxy) is 2. The molecule has 3 aromatic rings. The number of likely N-dealkylation sites (N-methyl/N-ethyl adjacent to an activating group) is 1. The summed E-state index contributed by atoms with van der Waals surface area (Å²) in [6, 6.07) is 5.47. The fourth-order valence-electron chi connectivity index (χ4n) is 4.63. The number of aromatic nitrogens is 4. The van der Waals surface area contributed by atoms with Crippen LogP contribution in [0.3, 0.4) is 0 Å². The highest BCUT2D eigenvalue weighted by atomic mass is 35.5. The maximum atomic E-state index is 13.1. The molecule has 2 aromatic heterocycles. The monoisotopic (exact) mass is 581 g/mol. The first-order valence-electron chi connectivity index (χ1n) is 13.5. The van der Waals surface area contributed by atoms with Crippen LogP contribution in [0.5, 0.6) is 11.8 Å². The van der Waals surface area contributed by atoms with Gasteiger partial charge >= 0.3 is 6.01 Å². The third-order valence-electron chi connectivity index (χ3n) is 6.62. The van der Waals surface area contributed by atoms with Gasteiger partial charge in [0.05, 0.1) is 35.1 Å². The van der Waals surface area contributed by atoms with Gasteiger partial charge < -0.3 is 30.5 Å². The van der Waals surface area contributed by atoms with Gasteiger partial charge in [0.2, 0.25) is 0 Å². The van der Waals surface area contributed by atoms with Crippen molar-refractivity contribution in [3.05, 3.63) is 57.6 Å². The molecule has 11 nitrogen and oxygen atoms in total. The summed E-state index contributed by atoms with van der Waals surface area (Å²) in [6.07, 6.45) is 1.35. The quantitative estimate of drug-likeness (QED) is 0.270. The number of nitrogens with one attached hydrogen (secondary N) is 1. The Hall–Kier alpha value is -3.80. The first kappa shape index (κ1) is 30.2. The van der Waals surface area contributed by atoms with Gasteiger partial charge in [-0.1, -0.05) is 18.5 Å². The number of allylic oxidation sites excluding steroid dienone is 2. The molecular formula is C29H36ClN7O4. The Morgan fingerprint density at radius 3 is 2.68 bits per heavy atom. The molecule has 1 aromatic carbocycles. The number of nitrogens with two attached hydrogens (primary N) is 1. The number of aliphatic hydroxyl groups excluding tert-OH is 1. The van der Waals surface area contributed by atoms with Crippen LogP contribution in [-0.2, 0) is 17.9 Å². The number of nitrogens with zero attached hydrogens (tertiary/aromatic N) is 5. The molecule has 3 heterocycles. The summed E-state index contributed by atoms with van der Waals surface area (Å²) in [7, 11) is 1.76. The van der Waals surface area contributed by atoms with E-state index in [1.165, 1.54) is 0 Å². The van der Waals surface area contributed by atoms with Crippen LogP contribution in [-0.4, -0.2) is 63.7 Å². The van der Waals surface area contributed by atoms with Crippen molar-refractivity contribution in [2.45, 2.75) is 53.3 Å². The molecule has 0 radical (unpaired) electrons. The summed E-state index contributed by atoms with van der Waals surface area (Å²) >= 11 is 6.66. The zero-order chi connectivity index (χ0) is 29.7. The number of aliphatic hydroxyl groups is 1. The highest BCUT2D eigenvalue weighted by molar-refractivity contribution is 6.33. The number of fused-ring (bicyclic) bond motifs is 1. The molecule has 1 atom stereocenters. The Morgan fingerprint density at radius 1 is 1.22 bits per heavy atom. The van der Waals surface area contributed by atoms with Gasteiger partial charge in [-0.25, -0.2) is 15.0 Å². The van der Waals surface area contributed by atoms with Crippen LogP contribution >= 0.6 is 11.6 Å². The number of anilines is 1. The highest BCUT2D eigenvalue weighted by Gasteiger charge is 2.28. The first-order valence-corrected chi connectivity index (χ1v) is 13.9. The van der Waals surface area contributed by atoms with Crippen LogP contribution < -0.4 is 25.4 Å². The molecule has 0 fully saturated rings. The van der Waals surface area contributed by atoms with E-state index in [0.29, 0.717) is 82.8 Å². The zero-order valence-corrected chi connectivity index (χ0v) is 24.7. The lowest BCUT2D eigenvalue weighted by atomic mass is 9.99. The van der Waals surface area contributed by atoms with Gasteiger partial charge in [-0.15, -0.1) is 0 Å². The average molecular weight is 582 g/mol. The maximum Gasteiger partial charge on any atom is 0.316 e. The van der Waals surface area contributed by atoms with E-state index < -0.39 is 6.10 Å². The van der Waals surface area contributed by atoms with E-state index in [-0.39, 0.29) is 18.8 Å². The average Bonchev–Trinajstić information content (AvgIpc) is 3.37. The topological polar surface area (TPSA) is 149 Å². The van der Waals surface area contributed by atoms with Gasteiger partial charge in [-0.3, -0.25) is 4.79 Å². The summed E-state index contributed by atoms with van der Waals surface area (Å²) < 4.78 is 11.3. The molecule has 0 spiro atoms. The van der Waals surface area contributed by atoms with Crippen molar-refractivity contribution in [2.24, 2.45) is 5.73 Å². The summed E-state index contributed by atoms with van der Waals surface area (Å²) in [4.78, 5) is 33.8. The molecule has 4 N–H and O–H groups in total. The van der Waals surface area contributed by atoms with Gasteiger partial charge in [-0.05, 0) is 46.0 Å². The lowest BCUT2D eigenvalue weighted by Crippen LogP contribution is -2.29. The van der Waals surface area contributed by atoms with Crippen LogP contribution in [0.25, 0.3) is 17.0 Å². The third-order valence-corrected chi connectivity index (χ3v) is 6.95. The van der Waals surface area contributed by atoms with Gasteiger partial charge in [0.15, 0.2) is 11.6 Å². The van der Waals surface area contributed by atoms with E-state index in [1.807, 2.05) is 13.8 Å². The van der Waals surface area contributed by atoms with E-state index >= 15 is 0 Å². The minimum atomic E-state index is -0.684. The second-order valence-corrected chi connectivity index (χ2v) is 10.2. The summed E-state index contributed by atoms with van der Waals surface area (Å²) in [6.45, 7) is 9.18. The standard InChI is InChI=1S/C29H36ClN7O4/c1-6-24(39)25(17(4)31)26-16(3)28(37-13-18-11-33-29(40-7-2)34-23(18)14-37)36-27(35-26)21-10-20(8-9-22(21)30)41-15-19(38)12-32-5/h8-11,19,32,38H,6-7,12-15,31H2,1-5H3/t19-/m1/s1. The van der Waals surface area contributed by atoms with Crippen LogP contribution in [0.2, 0.25) is 5.02 Å². The number of carbonyl (C=O) groups is 1. The van der Waals surface area contributed by atoms with E-state index in [9.17, 15) is 9.90 Å². The number of halogens is 1. The molecule has 0 bridgehead atoms. The summed E-state index contributed by atoms with van der Waals surface area (Å²) in [5, 5.41) is 13.4. The largest absolute Gasteiger partial charge is 0.491 e. The molecule has 12 heteroatoms.